The standard InChI is InChI=1S/C15H12BrN3O/c1-20-10-6-7-11-14(8-10)17-9-18-15(11)19-13-5-3-2-4-12(13)16/h2-9H,1H3,(H,17,18,19). The van der Waals surface area contributed by atoms with Crippen molar-refractivity contribution in [1.82, 2.24) is 9.97 Å². The average Bonchev–Trinajstić information content (AvgIpc) is 2.49. The largest absolute Gasteiger partial charge is 0.497 e. The Bertz CT molecular complexity index is 761. The molecule has 100 valence electrons. The fraction of sp³-hybridized carbons (Fsp3) is 0.0667. The molecule has 3 aromatic rings. The summed E-state index contributed by atoms with van der Waals surface area (Å²) >= 11 is 3.51. The van der Waals surface area contributed by atoms with Crippen LogP contribution in [0.4, 0.5) is 11.5 Å². The summed E-state index contributed by atoms with van der Waals surface area (Å²) in [6, 6.07) is 13.7. The molecular formula is C15H12BrN3O. The average molecular weight is 330 g/mol. The Hall–Kier alpha value is -2.14. The van der Waals surface area contributed by atoms with Crippen LogP contribution in [0, 0.1) is 0 Å². The maximum absolute atomic E-state index is 5.21. The molecule has 1 N–H and O–H groups in total. The summed E-state index contributed by atoms with van der Waals surface area (Å²) in [6.45, 7) is 0. The molecule has 1 aromatic heterocycles. The zero-order valence-corrected chi connectivity index (χ0v) is 12.4. The molecule has 0 atom stereocenters. The molecule has 0 aliphatic rings. The van der Waals surface area contributed by atoms with E-state index in [4.69, 9.17) is 4.74 Å². The number of fused-ring (bicyclic) bond motifs is 1. The SMILES string of the molecule is COc1ccc2c(Nc3ccccc3Br)ncnc2c1. The fourth-order valence-electron chi connectivity index (χ4n) is 1.95. The first kappa shape index (κ1) is 12.9. The van der Waals surface area contributed by atoms with Gasteiger partial charge in [-0.2, -0.15) is 0 Å². The van der Waals surface area contributed by atoms with Crippen LogP contribution >= 0.6 is 15.9 Å². The zero-order chi connectivity index (χ0) is 13.9. The van der Waals surface area contributed by atoms with Gasteiger partial charge >= 0.3 is 0 Å². The number of para-hydroxylation sites is 1. The summed E-state index contributed by atoms with van der Waals surface area (Å²) in [5.41, 5.74) is 1.80. The van der Waals surface area contributed by atoms with Gasteiger partial charge in [0.15, 0.2) is 0 Å². The molecule has 0 saturated carbocycles. The Morgan fingerprint density at radius 2 is 1.95 bits per heavy atom. The van der Waals surface area contributed by atoms with E-state index in [1.807, 2.05) is 42.5 Å². The normalized spacial score (nSPS) is 10.5. The summed E-state index contributed by atoms with van der Waals surface area (Å²) in [7, 11) is 1.64. The molecule has 3 rings (SSSR count). The lowest BCUT2D eigenvalue weighted by Crippen LogP contribution is -1.96. The highest BCUT2D eigenvalue weighted by Crippen LogP contribution is 2.29. The second kappa shape index (κ2) is 5.46. The number of anilines is 2. The van der Waals surface area contributed by atoms with Gasteiger partial charge in [-0.15, -0.1) is 0 Å². The number of nitrogens with one attached hydrogen (secondary N) is 1. The van der Waals surface area contributed by atoms with E-state index in [9.17, 15) is 0 Å². The summed E-state index contributed by atoms with van der Waals surface area (Å²) in [4.78, 5) is 8.59. The quantitative estimate of drug-likeness (QED) is 0.784. The topological polar surface area (TPSA) is 47.0 Å². The van der Waals surface area contributed by atoms with E-state index in [1.165, 1.54) is 0 Å². The summed E-state index contributed by atoms with van der Waals surface area (Å²) in [5, 5.41) is 4.26. The van der Waals surface area contributed by atoms with Crippen molar-refractivity contribution in [3.63, 3.8) is 0 Å². The van der Waals surface area contributed by atoms with Gasteiger partial charge in [0, 0.05) is 15.9 Å². The molecule has 2 aromatic carbocycles. The molecule has 0 aliphatic carbocycles. The summed E-state index contributed by atoms with van der Waals surface area (Å²) < 4.78 is 6.20. The molecule has 0 bridgehead atoms. The second-order valence-electron chi connectivity index (χ2n) is 4.21. The van der Waals surface area contributed by atoms with E-state index in [2.05, 4.69) is 31.2 Å². The minimum Gasteiger partial charge on any atom is -0.497 e. The first-order chi connectivity index (χ1) is 9.78. The predicted molar refractivity (Wildman–Crippen MR) is 83.5 cm³/mol. The summed E-state index contributed by atoms with van der Waals surface area (Å²) in [5.74, 6) is 1.55. The smallest absolute Gasteiger partial charge is 0.141 e. The molecule has 4 nitrogen and oxygen atoms in total. The van der Waals surface area contributed by atoms with Gasteiger partial charge in [0.1, 0.15) is 17.9 Å². The lowest BCUT2D eigenvalue weighted by molar-refractivity contribution is 0.415. The van der Waals surface area contributed by atoms with Gasteiger partial charge in [0.05, 0.1) is 18.3 Å². The van der Waals surface area contributed by atoms with Gasteiger partial charge < -0.3 is 10.1 Å². The van der Waals surface area contributed by atoms with Crippen LogP contribution in [0.5, 0.6) is 5.75 Å². The maximum Gasteiger partial charge on any atom is 0.141 e. The number of nitrogens with zero attached hydrogens (tertiary/aromatic N) is 2. The Balaban J connectivity index is 2.06. The van der Waals surface area contributed by atoms with Crippen LogP contribution in [-0.4, -0.2) is 17.1 Å². The third kappa shape index (κ3) is 2.44. The van der Waals surface area contributed by atoms with Crippen molar-refractivity contribution in [3.05, 3.63) is 53.3 Å². The third-order valence-corrected chi connectivity index (χ3v) is 3.66. The van der Waals surface area contributed by atoms with Gasteiger partial charge in [-0.05, 0) is 40.2 Å². The van der Waals surface area contributed by atoms with Crippen LogP contribution < -0.4 is 10.1 Å². The van der Waals surface area contributed by atoms with Crippen molar-refractivity contribution in [2.75, 3.05) is 12.4 Å². The van der Waals surface area contributed by atoms with Crippen LogP contribution in [0.15, 0.2) is 53.3 Å². The van der Waals surface area contributed by atoms with Crippen LogP contribution in [0.2, 0.25) is 0 Å². The van der Waals surface area contributed by atoms with Crippen LogP contribution in [-0.2, 0) is 0 Å². The number of methoxy groups -OCH3 is 1. The molecule has 0 saturated heterocycles. The molecular weight excluding hydrogens is 318 g/mol. The number of benzene rings is 2. The molecule has 20 heavy (non-hydrogen) atoms. The minimum atomic E-state index is 0.768. The van der Waals surface area contributed by atoms with E-state index in [0.29, 0.717) is 0 Å². The highest BCUT2D eigenvalue weighted by atomic mass is 79.9. The number of halogens is 1. The molecule has 0 spiro atoms. The van der Waals surface area contributed by atoms with E-state index in [-0.39, 0.29) is 0 Å². The molecule has 0 unspecified atom stereocenters. The van der Waals surface area contributed by atoms with Crippen molar-refractivity contribution < 1.29 is 4.74 Å². The molecule has 0 aliphatic heterocycles. The Kier molecular flexibility index (Phi) is 3.52. The number of hydrogen-bond donors (Lipinski definition) is 1. The number of ether oxygens (including phenoxy) is 1. The Morgan fingerprint density at radius 3 is 2.75 bits per heavy atom. The lowest BCUT2D eigenvalue weighted by Gasteiger charge is -2.10. The third-order valence-electron chi connectivity index (χ3n) is 2.97. The zero-order valence-electron chi connectivity index (χ0n) is 10.8. The maximum atomic E-state index is 5.21. The highest BCUT2D eigenvalue weighted by Gasteiger charge is 2.06. The van der Waals surface area contributed by atoms with E-state index < -0.39 is 0 Å². The van der Waals surface area contributed by atoms with Crippen molar-refractivity contribution in [3.8, 4) is 5.75 Å². The van der Waals surface area contributed by atoms with Crippen LogP contribution in [0.3, 0.4) is 0 Å². The molecule has 0 radical (unpaired) electrons. The van der Waals surface area contributed by atoms with Crippen molar-refractivity contribution >= 4 is 38.3 Å². The van der Waals surface area contributed by atoms with E-state index in [1.54, 1.807) is 13.4 Å². The van der Waals surface area contributed by atoms with Crippen molar-refractivity contribution in [2.45, 2.75) is 0 Å². The fourth-order valence-corrected chi connectivity index (χ4v) is 2.34. The second-order valence-corrected chi connectivity index (χ2v) is 5.06. The first-order valence-corrected chi connectivity index (χ1v) is 6.87. The van der Waals surface area contributed by atoms with Crippen molar-refractivity contribution in [2.24, 2.45) is 0 Å². The van der Waals surface area contributed by atoms with Crippen molar-refractivity contribution in [1.29, 1.82) is 0 Å². The van der Waals surface area contributed by atoms with Gasteiger partial charge in [-0.3, -0.25) is 0 Å². The van der Waals surface area contributed by atoms with Crippen LogP contribution in [0.25, 0.3) is 10.9 Å². The Labute approximate surface area is 125 Å². The number of aromatic nitrogens is 2. The van der Waals surface area contributed by atoms with Crippen LogP contribution in [0.1, 0.15) is 0 Å². The molecule has 5 heteroatoms. The summed E-state index contributed by atoms with van der Waals surface area (Å²) in [6.07, 6.45) is 1.54. The minimum absolute atomic E-state index is 0.768. The molecule has 0 fully saturated rings. The first-order valence-electron chi connectivity index (χ1n) is 6.08. The van der Waals surface area contributed by atoms with Gasteiger partial charge in [0.25, 0.3) is 0 Å². The number of rotatable bonds is 3. The monoisotopic (exact) mass is 329 g/mol. The molecule has 0 amide bonds. The van der Waals surface area contributed by atoms with Gasteiger partial charge in [-0.1, -0.05) is 12.1 Å². The van der Waals surface area contributed by atoms with Gasteiger partial charge in [0.2, 0.25) is 0 Å². The Morgan fingerprint density at radius 1 is 1.10 bits per heavy atom. The predicted octanol–water partition coefficient (Wildman–Crippen LogP) is 4.14. The number of hydrogen-bond acceptors (Lipinski definition) is 4. The van der Waals surface area contributed by atoms with E-state index in [0.717, 1.165) is 32.6 Å². The van der Waals surface area contributed by atoms with Gasteiger partial charge in [-0.25, -0.2) is 9.97 Å². The highest BCUT2D eigenvalue weighted by molar-refractivity contribution is 9.10. The molecule has 1 heterocycles. The lowest BCUT2D eigenvalue weighted by atomic mass is 10.2. The van der Waals surface area contributed by atoms with E-state index >= 15 is 0 Å².